The van der Waals surface area contributed by atoms with Gasteiger partial charge in [0.1, 0.15) is 0 Å². The fraction of sp³-hybridized carbons (Fsp3) is 0.211. The maximum absolute atomic E-state index is 12.5. The van der Waals surface area contributed by atoms with E-state index in [-0.39, 0.29) is 17.2 Å². The predicted molar refractivity (Wildman–Crippen MR) is 112 cm³/mol. The molecule has 0 saturated carbocycles. The summed E-state index contributed by atoms with van der Waals surface area (Å²) in [4.78, 5) is 12.5. The maximum Gasteiger partial charge on any atom is 0.233 e. The topological polar surface area (TPSA) is 85.8 Å². The molecule has 2 aromatic carbocycles. The number of amides is 1. The number of hydrogen-bond donors (Lipinski definition) is 2. The van der Waals surface area contributed by atoms with Crippen LogP contribution in [0.25, 0.3) is 11.4 Å². The monoisotopic (exact) mass is 445 g/mol. The van der Waals surface area contributed by atoms with E-state index >= 15 is 0 Å². The zero-order valence-corrected chi connectivity index (χ0v) is 17.4. The van der Waals surface area contributed by atoms with Crippen molar-refractivity contribution < 1.29 is 4.79 Å². The fourth-order valence-electron chi connectivity index (χ4n) is 2.55. The van der Waals surface area contributed by atoms with Crippen molar-refractivity contribution in [1.29, 1.82) is 0 Å². The summed E-state index contributed by atoms with van der Waals surface area (Å²) < 4.78 is 2.29. The second kappa shape index (κ2) is 8.58. The van der Waals surface area contributed by atoms with Crippen LogP contribution >= 0.6 is 27.7 Å². The van der Waals surface area contributed by atoms with Crippen molar-refractivity contribution in [2.75, 3.05) is 5.84 Å². The number of halogens is 1. The van der Waals surface area contributed by atoms with Crippen LogP contribution in [0.3, 0.4) is 0 Å². The van der Waals surface area contributed by atoms with Gasteiger partial charge in [-0.15, -0.1) is 10.2 Å². The van der Waals surface area contributed by atoms with Crippen LogP contribution in [0.1, 0.15) is 25.5 Å². The molecule has 1 heterocycles. The van der Waals surface area contributed by atoms with E-state index in [9.17, 15) is 4.79 Å². The molecule has 6 nitrogen and oxygen atoms in total. The molecule has 0 radical (unpaired) electrons. The molecule has 2 unspecified atom stereocenters. The number of thioether (sulfide) groups is 1. The lowest BCUT2D eigenvalue weighted by molar-refractivity contribution is -0.120. The molecule has 0 aliphatic carbocycles. The van der Waals surface area contributed by atoms with E-state index in [0.717, 1.165) is 15.6 Å². The summed E-state index contributed by atoms with van der Waals surface area (Å²) in [7, 11) is 0. The van der Waals surface area contributed by atoms with E-state index in [1.807, 2.05) is 68.4 Å². The first-order chi connectivity index (χ1) is 13.0. The quantitative estimate of drug-likeness (QED) is 0.445. The van der Waals surface area contributed by atoms with Gasteiger partial charge < -0.3 is 11.2 Å². The minimum absolute atomic E-state index is 0.0756. The highest BCUT2D eigenvalue weighted by Gasteiger charge is 2.22. The summed E-state index contributed by atoms with van der Waals surface area (Å²) in [5, 5.41) is 11.5. The SMILES string of the molecule is CC(Sc1nnc(-c2ccccc2Br)n1N)C(=O)NC(C)c1ccccc1. The number of aromatic nitrogens is 3. The Bertz CT molecular complexity index is 931. The molecule has 0 saturated heterocycles. The zero-order valence-electron chi connectivity index (χ0n) is 15.0. The summed E-state index contributed by atoms with van der Waals surface area (Å²) in [5.74, 6) is 6.62. The van der Waals surface area contributed by atoms with E-state index < -0.39 is 0 Å². The first-order valence-electron chi connectivity index (χ1n) is 8.44. The van der Waals surface area contributed by atoms with E-state index in [1.165, 1.54) is 16.4 Å². The molecule has 0 aliphatic rings. The lowest BCUT2D eigenvalue weighted by Crippen LogP contribution is -2.33. The molecule has 3 rings (SSSR count). The minimum atomic E-state index is -0.366. The minimum Gasteiger partial charge on any atom is -0.349 e. The number of rotatable bonds is 6. The Kier molecular flexibility index (Phi) is 6.18. The van der Waals surface area contributed by atoms with E-state index in [0.29, 0.717) is 11.0 Å². The average molecular weight is 446 g/mol. The summed E-state index contributed by atoms with van der Waals surface area (Å²) >= 11 is 4.77. The predicted octanol–water partition coefficient (Wildman–Crippen LogP) is 3.78. The summed E-state index contributed by atoms with van der Waals surface area (Å²) in [6.45, 7) is 3.78. The van der Waals surface area contributed by atoms with Crippen molar-refractivity contribution in [3.8, 4) is 11.4 Å². The maximum atomic E-state index is 12.5. The van der Waals surface area contributed by atoms with Gasteiger partial charge in [0, 0.05) is 10.0 Å². The fourth-order valence-corrected chi connectivity index (χ4v) is 3.79. The van der Waals surface area contributed by atoms with E-state index in [4.69, 9.17) is 5.84 Å². The normalized spacial score (nSPS) is 13.1. The highest BCUT2D eigenvalue weighted by atomic mass is 79.9. The number of carbonyl (C=O) groups is 1. The van der Waals surface area contributed by atoms with Crippen LogP contribution < -0.4 is 11.2 Å². The second-order valence-corrected chi connectivity index (χ2v) is 8.22. The number of benzene rings is 2. The number of nitrogens with zero attached hydrogens (tertiary/aromatic N) is 3. The summed E-state index contributed by atoms with van der Waals surface area (Å²) in [5.41, 5.74) is 1.90. The lowest BCUT2D eigenvalue weighted by atomic mass is 10.1. The molecule has 8 heteroatoms. The van der Waals surface area contributed by atoms with Crippen LogP contribution in [-0.4, -0.2) is 26.0 Å². The number of nitrogen functional groups attached to an aromatic ring is 1. The molecule has 2 atom stereocenters. The summed E-state index contributed by atoms with van der Waals surface area (Å²) in [6.07, 6.45) is 0. The highest BCUT2D eigenvalue weighted by Crippen LogP contribution is 2.29. The van der Waals surface area contributed by atoms with Crippen LogP contribution in [0.5, 0.6) is 0 Å². The standard InChI is InChI=1S/C19H20BrN5OS/c1-12(14-8-4-3-5-9-14)22-18(26)13(2)27-19-24-23-17(25(19)21)15-10-6-7-11-16(15)20/h3-13H,21H2,1-2H3,(H,22,26). The van der Waals surface area contributed by atoms with Crippen LogP contribution in [0.4, 0.5) is 0 Å². The first-order valence-corrected chi connectivity index (χ1v) is 10.1. The zero-order chi connectivity index (χ0) is 19.4. The van der Waals surface area contributed by atoms with Crippen molar-refractivity contribution in [2.24, 2.45) is 0 Å². The van der Waals surface area contributed by atoms with Crippen LogP contribution in [0, 0.1) is 0 Å². The highest BCUT2D eigenvalue weighted by molar-refractivity contribution is 9.10. The molecule has 3 N–H and O–H groups in total. The average Bonchev–Trinajstić information content (AvgIpc) is 3.03. The molecular weight excluding hydrogens is 426 g/mol. The van der Waals surface area contributed by atoms with Gasteiger partial charge in [-0.05, 0) is 31.5 Å². The van der Waals surface area contributed by atoms with Gasteiger partial charge >= 0.3 is 0 Å². The number of nitrogens with two attached hydrogens (primary N) is 1. The molecule has 140 valence electrons. The van der Waals surface area contributed by atoms with Gasteiger partial charge in [-0.1, -0.05) is 70.2 Å². The van der Waals surface area contributed by atoms with Crippen molar-refractivity contribution in [1.82, 2.24) is 20.2 Å². The molecule has 3 aromatic rings. The van der Waals surface area contributed by atoms with Crippen molar-refractivity contribution in [2.45, 2.75) is 30.3 Å². The van der Waals surface area contributed by atoms with Gasteiger partial charge in [0.15, 0.2) is 5.82 Å². The van der Waals surface area contributed by atoms with Gasteiger partial charge in [-0.3, -0.25) is 4.79 Å². The molecule has 0 aliphatic heterocycles. The number of nitrogens with one attached hydrogen (secondary N) is 1. The third kappa shape index (κ3) is 4.51. The van der Waals surface area contributed by atoms with Crippen LogP contribution in [0.15, 0.2) is 64.2 Å². The smallest absolute Gasteiger partial charge is 0.233 e. The van der Waals surface area contributed by atoms with Crippen LogP contribution in [-0.2, 0) is 4.79 Å². The molecule has 0 spiro atoms. The molecule has 1 aromatic heterocycles. The van der Waals surface area contributed by atoms with Gasteiger partial charge in [0.05, 0.1) is 11.3 Å². The van der Waals surface area contributed by atoms with Gasteiger partial charge in [0.25, 0.3) is 0 Å². The van der Waals surface area contributed by atoms with Crippen molar-refractivity contribution in [3.63, 3.8) is 0 Å². The number of hydrogen-bond acceptors (Lipinski definition) is 5. The third-order valence-electron chi connectivity index (χ3n) is 4.09. The first kappa shape index (κ1) is 19.4. The molecule has 27 heavy (non-hydrogen) atoms. The van der Waals surface area contributed by atoms with Gasteiger partial charge in [-0.25, -0.2) is 4.68 Å². The van der Waals surface area contributed by atoms with Crippen LogP contribution in [0.2, 0.25) is 0 Å². The molecular formula is C19H20BrN5OS. The Morgan fingerprint density at radius 3 is 2.48 bits per heavy atom. The Morgan fingerprint density at radius 2 is 1.78 bits per heavy atom. The molecule has 1 amide bonds. The third-order valence-corrected chi connectivity index (χ3v) is 5.84. The lowest BCUT2D eigenvalue weighted by Gasteiger charge is -2.17. The Labute approximate surface area is 170 Å². The van der Waals surface area contributed by atoms with E-state index in [2.05, 4.69) is 31.4 Å². The van der Waals surface area contributed by atoms with Gasteiger partial charge in [-0.2, -0.15) is 0 Å². The number of carbonyl (C=O) groups excluding carboxylic acids is 1. The molecule has 0 fully saturated rings. The molecule has 0 bridgehead atoms. The largest absolute Gasteiger partial charge is 0.349 e. The van der Waals surface area contributed by atoms with E-state index in [1.54, 1.807) is 0 Å². The summed E-state index contributed by atoms with van der Waals surface area (Å²) in [6, 6.07) is 17.4. The Balaban J connectivity index is 1.68. The Hall–Kier alpha value is -2.32. The van der Waals surface area contributed by atoms with Gasteiger partial charge in [0.2, 0.25) is 11.1 Å². The second-order valence-electron chi connectivity index (χ2n) is 6.06. The van der Waals surface area contributed by atoms with Crippen molar-refractivity contribution >= 4 is 33.6 Å². The van der Waals surface area contributed by atoms with Crippen molar-refractivity contribution in [3.05, 3.63) is 64.6 Å². The Morgan fingerprint density at radius 1 is 1.11 bits per heavy atom.